The normalized spacial score (nSPS) is 23.3. The second-order valence-electron chi connectivity index (χ2n) is 8.06. The van der Waals surface area contributed by atoms with Gasteiger partial charge in [0.15, 0.2) is 0 Å². The molecule has 2 saturated heterocycles. The maximum absolute atomic E-state index is 12.9. The number of rotatable bonds is 5. The summed E-state index contributed by atoms with van der Waals surface area (Å²) in [5, 5.41) is 9.26. The highest BCUT2D eigenvalue weighted by molar-refractivity contribution is 5.92. The number of aliphatic carboxylic acids is 1. The van der Waals surface area contributed by atoms with E-state index in [1.54, 1.807) is 4.90 Å². The van der Waals surface area contributed by atoms with Crippen molar-refractivity contribution in [1.82, 2.24) is 24.8 Å². The van der Waals surface area contributed by atoms with Crippen molar-refractivity contribution in [3.05, 3.63) is 41.7 Å². The summed E-state index contributed by atoms with van der Waals surface area (Å²) >= 11 is 0. The predicted octanol–water partition coefficient (Wildman–Crippen LogP) is 1.33. The van der Waals surface area contributed by atoms with Crippen LogP contribution in [0.3, 0.4) is 0 Å². The van der Waals surface area contributed by atoms with E-state index >= 15 is 0 Å². The summed E-state index contributed by atoms with van der Waals surface area (Å²) in [6.07, 6.45) is 5.09. The molecule has 4 rings (SSSR count). The lowest BCUT2D eigenvalue weighted by Gasteiger charge is -2.29. The molecule has 9 nitrogen and oxygen atoms in total. The zero-order valence-electron chi connectivity index (χ0n) is 16.6. The summed E-state index contributed by atoms with van der Waals surface area (Å²) in [6, 6.07) is 1.93. The third kappa shape index (κ3) is 3.76. The lowest BCUT2D eigenvalue weighted by Crippen LogP contribution is -2.38. The van der Waals surface area contributed by atoms with Gasteiger partial charge in [0.1, 0.15) is 5.69 Å². The number of carbonyl (C=O) groups is 2. The Kier molecular flexibility index (Phi) is 4.89. The van der Waals surface area contributed by atoms with Gasteiger partial charge in [-0.2, -0.15) is 0 Å². The highest BCUT2D eigenvalue weighted by Gasteiger charge is 2.54. The Balaban J connectivity index is 1.57. The Bertz CT molecular complexity index is 917. The maximum Gasteiger partial charge on any atom is 0.303 e. The molecule has 0 saturated carbocycles. The Hall–Kier alpha value is -3.10. The predicted molar refractivity (Wildman–Crippen MR) is 104 cm³/mol. The van der Waals surface area contributed by atoms with Crippen molar-refractivity contribution in [2.24, 2.45) is 11.3 Å². The van der Waals surface area contributed by atoms with E-state index in [1.165, 1.54) is 18.6 Å². The molecule has 1 amide bonds. The summed E-state index contributed by atoms with van der Waals surface area (Å²) in [4.78, 5) is 45.3. The molecule has 4 heterocycles. The van der Waals surface area contributed by atoms with Crippen LogP contribution >= 0.6 is 0 Å². The zero-order valence-corrected chi connectivity index (χ0v) is 16.6. The average molecular weight is 396 g/mol. The van der Waals surface area contributed by atoms with E-state index in [2.05, 4.69) is 24.8 Å². The van der Waals surface area contributed by atoms with Crippen molar-refractivity contribution in [3.8, 4) is 0 Å². The molecule has 0 aromatic carbocycles. The van der Waals surface area contributed by atoms with Crippen molar-refractivity contribution in [3.63, 3.8) is 0 Å². The number of anilines is 1. The Labute approximate surface area is 168 Å². The molecule has 2 aromatic rings. The van der Waals surface area contributed by atoms with E-state index in [0.717, 1.165) is 11.4 Å². The van der Waals surface area contributed by atoms with Gasteiger partial charge >= 0.3 is 5.97 Å². The van der Waals surface area contributed by atoms with Crippen LogP contribution in [0, 0.1) is 25.2 Å². The molecule has 152 valence electrons. The molecule has 1 N–H and O–H groups in total. The third-order valence-electron chi connectivity index (χ3n) is 5.92. The number of hydrogen-bond donors (Lipinski definition) is 1. The molecule has 0 spiro atoms. The smallest absolute Gasteiger partial charge is 0.303 e. The van der Waals surface area contributed by atoms with Crippen LogP contribution in [-0.2, 0) is 4.79 Å². The molecule has 2 fully saturated rings. The largest absolute Gasteiger partial charge is 0.481 e. The van der Waals surface area contributed by atoms with E-state index in [1.807, 2.05) is 19.9 Å². The van der Waals surface area contributed by atoms with Crippen molar-refractivity contribution < 1.29 is 14.7 Å². The average Bonchev–Trinajstić information content (AvgIpc) is 3.20. The number of carboxylic acid groups (broad SMARTS) is 1. The van der Waals surface area contributed by atoms with Crippen LogP contribution in [0.4, 0.5) is 5.95 Å². The zero-order chi connectivity index (χ0) is 20.6. The lowest BCUT2D eigenvalue weighted by molar-refractivity contribution is -0.137. The van der Waals surface area contributed by atoms with Crippen LogP contribution in [0.1, 0.15) is 34.7 Å². The standard InChI is InChI=1S/C20H24N6O3/c1-13-7-14(2)24-19(23-13)26-10-15-9-25(18(29)16-8-21-5-6-22-16)11-20(15,12-26)4-3-17(27)28/h5-8,15H,3-4,9-12H2,1-2H3,(H,27,28)/t15-,20+/m1/s1. The fraction of sp³-hybridized carbons (Fsp3) is 0.500. The number of fused-ring (bicyclic) bond motifs is 1. The van der Waals surface area contributed by atoms with Crippen molar-refractivity contribution >= 4 is 17.8 Å². The van der Waals surface area contributed by atoms with Gasteiger partial charge in [-0.1, -0.05) is 0 Å². The van der Waals surface area contributed by atoms with Gasteiger partial charge in [-0.25, -0.2) is 15.0 Å². The molecule has 29 heavy (non-hydrogen) atoms. The molecule has 2 aliphatic rings. The van der Waals surface area contributed by atoms with E-state index in [-0.39, 0.29) is 23.7 Å². The Morgan fingerprint density at radius 3 is 2.59 bits per heavy atom. The van der Waals surface area contributed by atoms with Gasteiger partial charge in [0.2, 0.25) is 5.95 Å². The summed E-state index contributed by atoms with van der Waals surface area (Å²) in [7, 11) is 0. The fourth-order valence-corrected chi connectivity index (χ4v) is 4.62. The first-order valence-electron chi connectivity index (χ1n) is 9.71. The molecule has 0 aliphatic carbocycles. The van der Waals surface area contributed by atoms with Gasteiger partial charge in [0.05, 0.1) is 6.20 Å². The molecule has 9 heteroatoms. The highest BCUT2D eigenvalue weighted by Crippen LogP contribution is 2.46. The number of amides is 1. The number of aromatic nitrogens is 4. The van der Waals surface area contributed by atoms with Crippen LogP contribution < -0.4 is 4.90 Å². The van der Waals surface area contributed by atoms with Crippen molar-refractivity contribution in [2.75, 3.05) is 31.1 Å². The summed E-state index contributed by atoms with van der Waals surface area (Å²) in [6.45, 7) is 6.29. The van der Waals surface area contributed by atoms with Gasteiger partial charge in [-0.3, -0.25) is 14.6 Å². The van der Waals surface area contributed by atoms with Crippen LogP contribution in [0.5, 0.6) is 0 Å². The van der Waals surface area contributed by atoms with E-state index in [4.69, 9.17) is 0 Å². The van der Waals surface area contributed by atoms with E-state index in [0.29, 0.717) is 44.2 Å². The second kappa shape index (κ2) is 7.38. The third-order valence-corrected chi connectivity index (χ3v) is 5.92. The van der Waals surface area contributed by atoms with Gasteiger partial charge in [-0.15, -0.1) is 0 Å². The number of likely N-dealkylation sites (tertiary alicyclic amines) is 1. The fourth-order valence-electron chi connectivity index (χ4n) is 4.62. The molecule has 2 atom stereocenters. The quantitative estimate of drug-likeness (QED) is 0.805. The van der Waals surface area contributed by atoms with E-state index < -0.39 is 5.97 Å². The van der Waals surface area contributed by atoms with Gasteiger partial charge in [-0.05, 0) is 26.3 Å². The Morgan fingerprint density at radius 2 is 1.93 bits per heavy atom. The van der Waals surface area contributed by atoms with Crippen molar-refractivity contribution in [2.45, 2.75) is 26.7 Å². The summed E-state index contributed by atoms with van der Waals surface area (Å²) in [5.41, 5.74) is 1.83. The first kappa shape index (κ1) is 19.2. The van der Waals surface area contributed by atoms with Crippen LogP contribution in [-0.4, -0.2) is 68.0 Å². The van der Waals surface area contributed by atoms with Gasteiger partial charge in [0, 0.05) is 67.7 Å². The molecule has 0 unspecified atom stereocenters. The molecule has 2 aromatic heterocycles. The van der Waals surface area contributed by atoms with E-state index in [9.17, 15) is 14.7 Å². The highest BCUT2D eigenvalue weighted by atomic mass is 16.4. The molecule has 0 bridgehead atoms. The molecule has 0 radical (unpaired) electrons. The van der Waals surface area contributed by atoms with Gasteiger partial charge < -0.3 is 14.9 Å². The van der Waals surface area contributed by atoms with Crippen LogP contribution in [0.2, 0.25) is 0 Å². The lowest BCUT2D eigenvalue weighted by atomic mass is 9.77. The maximum atomic E-state index is 12.9. The topological polar surface area (TPSA) is 112 Å². The molecule has 2 aliphatic heterocycles. The summed E-state index contributed by atoms with van der Waals surface area (Å²) < 4.78 is 0. The first-order valence-corrected chi connectivity index (χ1v) is 9.71. The van der Waals surface area contributed by atoms with Crippen LogP contribution in [0.15, 0.2) is 24.7 Å². The summed E-state index contributed by atoms with van der Waals surface area (Å²) in [5.74, 6) is -0.139. The minimum atomic E-state index is -0.821. The minimum Gasteiger partial charge on any atom is -0.481 e. The number of carbonyl (C=O) groups excluding carboxylic acids is 1. The monoisotopic (exact) mass is 396 g/mol. The molecular formula is C20H24N6O3. The number of hydrogen-bond acceptors (Lipinski definition) is 7. The van der Waals surface area contributed by atoms with Crippen LogP contribution in [0.25, 0.3) is 0 Å². The first-order chi connectivity index (χ1) is 13.9. The number of nitrogens with zero attached hydrogens (tertiary/aromatic N) is 6. The number of aryl methyl sites for hydroxylation is 2. The SMILES string of the molecule is Cc1cc(C)nc(N2C[C@H]3CN(C(=O)c4cnccn4)C[C@@]3(CCC(=O)O)C2)n1. The molecular weight excluding hydrogens is 372 g/mol. The van der Waals surface area contributed by atoms with Crippen molar-refractivity contribution in [1.29, 1.82) is 0 Å². The minimum absolute atomic E-state index is 0.0746. The number of carboxylic acids is 1. The second-order valence-corrected chi connectivity index (χ2v) is 8.06. The Morgan fingerprint density at radius 1 is 1.17 bits per heavy atom. The van der Waals surface area contributed by atoms with Gasteiger partial charge in [0.25, 0.3) is 5.91 Å².